The van der Waals surface area contributed by atoms with Gasteiger partial charge in [-0.15, -0.1) is 0 Å². The van der Waals surface area contributed by atoms with Crippen LogP contribution in [-0.4, -0.2) is 41.4 Å². The van der Waals surface area contributed by atoms with Crippen LogP contribution < -0.4 is 11.1 Å². The molecule has 0 saturated heterocycles. The van der Waals surface area contributed by atoms with Crippen molar-refractivity contribution in [3.8, 4) is 0 Å². The van der Waals surface area contributed by atoms with Crippen molar-refractivity contribution in [3.63, 3.8) is 0 Å². The molecule has 0 bridgehead atoms. The molecule has 0 aromatic carbocycles. The smallest absolute Gasteiger partial charge is 0.221 e. The summed E-state index contributed by atoms with van der Waals surface area (Å²) in [6, 6.07) is 1.72. The van der Waals surface area contributed by atoms with Gasteiger partial charge in [-0.1, -0.05) is 0 Å². The van der Waals surface area contributed by atoms with Gasteiger partial charge in [-0.2, -0.15) is 4.98 Å². The largest absolute Gasteiger partial charge is 0.394 e. The number of aliphatic hydroxyl groups is 1. The average Bonchev–Trinajstić information content (AvgIpc) is 2.18. The van der Waals surface area contributed by atoms with E-state index in [9.17, 15) is 0 Å². The molecule has 0 aliphatic rings. The lowest BCUT2D eigenvalue weighted by molar-refractivity contribution is 0.0992. The molecule has 4 N–H and O–H groups in total. The van der Waals surface area contributed by atoms with Gasteiger partial charge in [0.05, 0.1) is 19.8 Å². The highest BCUT2D eigenvalue weighted by atomic mass is 16.5. The Morgan fingerprint density at radius 1 is 1.50 bits per heavy atom. The molecule has 0 aliphatic carbocycles. The van der Waals surface area contributed by atoms with E-state index in [0.29, 0.717) is 25.6 Å². The second-order valence-electron chi connectivity index (χ2n) is 2.56. The summed E-state index contributed by atoms with van der Waals surface area (Å²) < 4.78 is 5.05. The van der Waals surface area contributed by atoms with Crippen molar-refractivity contribution in [3.05, 3.63) is 12.3 Å². The number of nitrogens with one attached hydrogen (secondary N) is 1. The van der Waals surface area contributed by atoms with Crippen molar-refractivity contribution in [1.29, 1.82) is 0 Å². The fourth-order valence-electron chi connectivity index (χ4n) is 0.890. The Morgan fingerprint density at radius 3 is 3.07 bits per heavy atom. The number of hydrogen-bond acceptors (Lipinski definition) is 6. The lowest BCUT2D eigenvalue weighted by Crippen LogP contribution is -2.12. The Morgan fingerprint density at radius 2 is 2.36 bits per heavy atom. The van der Waals surface area contributed by atoms with Crippen LogP contribution in [0.1, 0.15) is 0 Å². The number of aromatic nitrogens is 2. The monoisotopic (exact) mass is 198 g/mol. The van der Waals surface area contributed by atoms with E-state index in [1.807, 2.05) is 0 Å². The normalized spacial score (nSPS) is 10.1. The first-order valence-corrected chi connectivity index (χ1v) is 4.34. The zero-order valence-electron chi connectivity index (χ0n) is 7.81. The predicted molar refractivity (Wildman–Crippen MR) is 52.8 cm³/mol. The number of nitrogens with two attached hydrogens (primary N) is 1. The maximum absolute atomic E-state index is 8.44. The fraction of sp³-hybridized carbons (Fsp3) is 0.500. The van der Waals surface area contributed by atoms with Gasteiger partial charge in [-0.3, -0.25) is 0 Å². The lowest BCUT2D eigenvalue weighted by Gasteiger charge is -2.05. The Kier molecular flexibility index (Phi) is 4.66. The van der Waals surface area contributed by atoms with Crippen LogP contribution in [0.3, 0.4) is 0 Å². The maximum atomic E-state index is 8.44. The van der Waals surface area contributed by atoms with E-state index in [1.54, 1.807) is 12.3 Å². The summed E-state index contributed by atoms with van der Waals surface area (Å²) in [6.07, 6.45) is 1.58. The third-order valence-electron chi connectivity index (χ3n) is 1.46. The minimum absolute atomic E-state index is 0.0421. The highest BCUT2D eigenvalue weighted by molar-refractivity contribution is 5.37. The number of rotatable bonds is 6. The first-order valence-electron chi connectivity index (χ1n) is 4.34. The zero-order valence-corrected chi connectivity index (χ0v) is 7.81. The molecule has 1 aromatic rings. The van der Waals surface area contributed by atoms with Crippen molar-refractivity contribution in [2.45, 2.75) is 0 Å². The van der Waals surface area contributed by atoms with E-state index >= 15 is 0 Å². The van der Waals surface area contributed by atoms with E-state index in [2.05, 4.69) is 15.3 Å². The Balaban J connectivity index is 2.18. The van der Waals surface area contributed by atoms with Crippen molar-refractivity contribution < 1.29 is 9.84 Å². The molecule has 14 heavy (non-hydrogen) atoms. The Labute approximate surface area is 82.1 Å². The number of aliphatic hydroxyl groups excluding tert-OH is 1. The Hall–Kier alpha value is -1.40. The number of nitrogens with zero attached hydrogens (tertiary/aromatic N) is 2. The summed E-state index contributed by atoms with van der Waals surface area (Å²) in [5.41, 5.74) is 5.38. The number of nitrogen functional groups attached to an aromatic ring is 1. The lowest BCUT2D eigenvalue weighted by atomic mass is 10.5. The third-order valence-corrected chi connectivity index (χ3v) is 1.46. The minimum atomic E-state index is 0.0421. The number of anilines is 2. The molecule has 1 rings (SSSR count). The van der Waals surface area contributed by atoms with Crippen molar-refractivity contribution in [1.82, 2.24) is 9.97 Å². The predicted octanol–water partition coefficient (Wildman–Crippen LogP) is -0.520. The molecular weight excluding hydrogens is 184 g/mol. The molecule has 0 aliphatic heterocycles. The highest BCUT2D eigenvalue weighted by Gasteiger charge is 1.94. The summed E-state index contributed by atoms with van der Waals surface area (Å²) in [5.74, 6) is 0.913. The van der Waals surface area contributed by atoms with Gasteiger partial charge in [0.1, 0.15) is 5.82 Å². The summed E-state index contributed by atoms with van der Waals surface area (Å²) in [6.45, 7) is 1.54. The molecule has 1 aromatic heterocycles. The second-order valence-corrected chi connectivity index (χ2v) is 2.56. The number of hydrogen-bond donors (Lipinski definition) is 3. The molecular formula is C8H14N4O2. The van der Waals surface area contributed by atoms with E-state index in [1.165, 1.54) is 0 Å². The standard InChI is InChI=1S/C8H14N4O2/c9-8-11-2-1-7(12-8)10-3-5-14-6-4-13/h1-2,13H,3-6H2,(H3,9,10,11,12). The van der Waals surface area contributed by atoms with Gasteiger partial charge >= 0.3 is 0 Å². The summed E-state index contributed by atoms with van der Waals surface area (Å²) in [7, 11) is 0. The molecule has 1 heterocycles. The first kappa shape index (κ1) is 10.7. The van der Waals surface area contributed by atoms with Crippen LogP contribution in [0.5, 0.6) is 0 Å². The second kappa shape index (κ2) is 6.11. The quantitative estimate of drug-likeness (QED) is 0.532. The molecule has 6 heteroatoms. The summed E-state index contributed by atoms with van der Waals surface area (Å²) >= 11 is 0. The van der Waals surface area contributed by atoms with Gasteiger partial charge in [0.25, 0.3) is 0 Å². The number of ether oxygens (including phenoxy) is 1. The van der Waals surface area contributed by atoms with Crippen molar-refractivity contribution in [2.75, 3.05) is 37.4 Å². The van der Waals surface area contributed by atoms with Gasteiger partial charge in [0.2, 0.25) is 5.95 Å². The van der Waals surface area contributed by atoms with Crippen LogP contribution in [0, 0.1) is 0 Å². The molecule has 0 fully saturated rings. The molecule has 0 radical (unpaired) electrons. The molecule has 78 valence electrons. The highest BCUT2D eigenvalue weighted by Crippen LogP contribution is 2.01. The van der Waals surface area contributed by atoms with Crippen molar-refractivity contribution in [2.24, 2.45) is 0 Å². The Bertz CT molecular complexity index is 269. The maximum Gasteiger partial charge on any atom is 0.221 e. The average molecular weight is 198 g/mol. The molecule has 0 amide bonds. The fourth-order valence-corrected chi connectivity index (χ4v) is 0.890. The summed E-state index contributed by atoms with van der Waals surface area (Å²) in [5, 5.41) is 11.4. The van der Waals surface area contributed by atoms with Gasteiger partial charge < -0.3 is 20.9 Å². The van der Waals surface area contributed by atoms with Crippen LogP contribution in [0.15, 0.2) is 12.3 Å². The van der Waals surface area contributed by atoms with Gasteiger partial charge in [-0.05, 0) is 6.07 Å². The van der Waals surface area contributed by atoms with Crippen LogP contribution in [-0.2, 0) is 4.74 Å². The van der Waals surface area contributed by atoms with Crippen molar-refractivity contribution >= 4 is 11.8 Å². The minimum Gasteiger partial charge on any atom is -0.394 e. The summed E-state index contributed by atoms with van der Waals surface area (Å²) in [4.78, 5) is 7.70. The molecule has 0 atom stereocenters. The zero-order chi connectivity index (χ0) is 10.2. The van der Waals surface area contributed by atoms with E-state index < -0.39 is 0 Å². The van der Waals surface area contributed by atoms with E-state index in [4.69, 9.17) is 15.6 Å². The van der Waals surface area contributed by atoms with E-state index in [0.717, 1.165) is 0 Å². The van der Waals surface area contributed by atoms with E-state index in [-0.39, 0.29) is 12.6 Å². The first-order chi connectivity index (χ1) is 6.83. The third kappa shape index (κ3) is 4.01. The van der Waals surface area contributed by atoms with Crippen LogP contribution in [0.4, 0.5) is 11.8 Å². The van der Waals surface area contributed by atoms with Crippen LogP contribution >= 0.6 is 0 Å². The molecule has 6 nitrogen and oxygen atoms in total. The van der Waals surface area contributed by atoms with Gasteiger partial charge in [0.15, 0.2) is 0 Å². The van der Waals surface area contributed by atoms with Gasteiger partial charge in [0, 0.05) is 12.7 Å². The molecule has 0 spiro atoms. The SMILES string of the molecule is Nc1nccc(NCCOCCO)n1. The topological polar surface area (TPSA) is 93.3 Å². The molecule has 0 unspecified atom stereocenters. The van der Waals surface area contributed by atoms with Crippen LogP contribution in [0.25, 0.3) is 0 Å². The molecule has 0 saturated carbocycles. The van der Waals surface area contributed by atoms with Gasteiger partial charge in [-0.25, -0.2) is 4.98 Å². The van der Waals surface area contributed by atoms with Crippen LogP contribution in [0.2, 0.25) is 0 Å².